The van der Waals surface area contributed by atoms with E-state index in [1.165, 1.54) is 0 Å². The monoisotopic (exact) mass is 188 g/mol. The molecule has 0 rings (SSSR count). The summed E-state index contributed by atoms with van der Waals surface area (Å²) in [5.41, 5.74) is 0. The van der Waals surface area contributed by atoms with Crippen molar-refractivity contribution >= 4 is 5.97 Å². The van der Waals surface area contributed by atoms with E-state index in [2.05, 4.69) is 0 Å². The zero-order chi connectivity index (χ0) is 10.3. The van der Waals surface area contributed by atoms with Crippen molar-refractivity contribution in [3.63, 3.8) is 0 Å². The predicted octanol–water partition coefficient (Wildman–Crippen LogP) is 2.14. The van der Waals surface area contributed by atoms with E-state index < -0.39 is 0 Å². The second-order valence-electron chi connectivity index (χ2n) is 3.24. The lowest BCUT2D eigenvalue weighted by molar-refractivity contribution is -0.155. The maximum absolute atomic E-state index is 11.1. The Balaban J connectivity index is 3.51. The van der Waals surface area contributed by atoms with E-state index in [9.17, 15) is 4.79 Å². The third-order valence-electron chi connectivity index (χ3n) is 1.97. The number of ether oxygens (including phenoxy) is 2. The minimum absolute atomic E-state index is 0.00645. The summed E-state index contributed by atoms with van der Waals surface area (Å²) in [6, 6.07) is 0. The lowest BCUT2D eigenvalue weighted by Crippen LogP contribution is -2.21. The van der Waals surface area contributed by atoms with Crippen molar-refractivity contribution in [1.29, 1.82) is 0 Å². The van der Waals surface area contributed by atoms with E-state index in [0.717, 1.165) is 12.8 Å². The van der Waals surface area contributed by atoms with Crippen LogP contribution in [-0.2, 0) is 14.3 Å². The number of rotatable bonds is 6. The van der Waals surface area contributed by atoms with Crippen molar-refractivity contribution in [3.8, 4) is 0 Å². The Labute approximate surface area is 80.4 Å². The number of carbonyl (C=O) groups is 1. The van der Waals surface area contributed by atoms with Crippen LogP contribution in [0.2, 0.25) is 0 Å². The van der Waals surface area contributed by atoms with Crippen LogP contribution in [0, 0.1) is 0 Å². The molecule has 3 heteroatoms. The molecule has 0 aliphatic heterocycles. The minimum Gasteiger partial charge on any atom is -0.461 e. The average molecular weight is 188 g/mol. The van der Waals surface area contributed by atoms with E-state index >= 15 is 0 Å². The summed E-state index contributed by atoms with van der Waals surface area (Å²) in [7, 11) is 0. The zero-order valence-corrected chi connectivity index (χ0v) is 9.00. The van der Waals surface area contributed by atoms with Crippen LogP contribution < -0.4 is 0 Å². The SMILES string of the molecule is CCC(C)OCC(=O)OC(C)CC. The molecule has 0 aromatic heterocycles. The summed E-state index contributed by atoms with van der Waals surface area (Å²) in [5.74, 6) is -0.269. The molecule has 0 aliphatic carbocycles. The van der Waals surface area contributed by atoms with Crippen LogP contribution >= 0.6 is 0 Å². The van der Waals surface area contributed by atoms with Crippen LogP contribution in [0.1, 0.15) is 40.5 Å². The lowest BCUT2D eigenvalue weighted by atomic mass is 10.3. The van der Waals surface area contributed by atoms with Crippen molar-refractivity contribution in [1.82, 2.24) is 0 Å². The standard InChI is InChI=1S/C10H20O3/c1-5-8(3)12-7-10(11)13-9(4)6-2/h8-9H,5-7H2,1-4H3. The van der Waals surface area contributed by atoms with Gasteiger partial charge in [0.05, 0.1) is 12.2 Å². The van der Waals surface area contributed by atoms with E-state index in [1.54, 1.807) is 0 Å². The predicted molar refractivity (Wildman–Crippen MR) is 51.6 cm³/mol. The maximum Gasteiger partial charge on any atom is 0.332 e. The molecule has 13 heavy (non-hydrogen) atoms. The van der Waals surface area contributed by atoms with Gasteiger partial charge >= 0.3 is 5.97 Å². The normalized spacial score (nSPS) is 15.1. The van der Waals surface area contributed by atoms with Gasteiger partial charge in [-0.05, 0) is 26.7 Å². The molecule has 0 radical (unpaired) electrons. The average Bonchev–Trinajstić information content (AvgIpc) is 2.13. The highest BCUT2D eigenvalue weighted by molar-refractivity contribution is 5.70. The highest BCUT2D eigenvalue weighted by Crippen LogP contribution is 1.99. The summed E-state index contributed by atoms with van der Waals surface area (Å²) in [6.45, 7) is 7.88. The van der Waals surface area contributed by atoms with Crippen LogP contribution in [0.3, 0.4) is 0 Å². The Hall–Kier alpha value is -0.570. The second-order valence-corrected chi connectivity index (χ2v) is 3.24. The fourth-order valence-electron chi connectivity index (χ4n) is 0.670. The summed E-state index contributed by atoms with van der Waals surface area (Å²) < 4.78 is 10.3. The first-order valence-corrected chi connectivity index (χ1v) is 4.91. The molecule has 0 saturated carbocycles. The molecular formula is C10H20O3. The van der Waals surface area contributed by atoms with E-state index in [-0.39, 0.29) is 24.8 Å². The summed E-state index contributed by atoms with van der Waals surface area (Å²) in [6.07, 6.45) is 1.88. The van der Waals surface area contributed by atoms with Gasteiger partial charge in [0.1, 0.15) is 6.61 Å². The first-order chi connectivity index (χ1) is 6.10. The van der Waals surface area contributed by atoms with Gasteiger partial charge in [0.15, 0.2) is 0 Å². The van der Waals surface area contributed by atoms with Gasteiger partial charge in [-0.25, -0.2) is 4.79 Å². The Morgan fingerprint density at radius 1 is 1.15 bits per heavy atom. The molecular weight excluding hydrogens is 168 g/mol. The largest absolute Gasteiger partial charge is 0.461 e. The van der Waals surface area contributed by atoms with Gasteiger partial charge in [0.25, 0.3) is 0 Å². The second kappa shape index (κ2) is 6.89. The number of hydrogen-bond donors (Lipinski definition) is 0. The maximum atomic E-state index is 11.1. The lowest BCUT2D eigenvalue weighted by Gasteiger charge is -2.13. The van der Waals surface area contributed by atoms with E-state index in [0.29, 0.717) is 0 Å². The first kappa shape index (κ1) is 12.4. The zero-order valence-electron chi connectivity index (χ0n) is 9.00. The van der Waals surface area contributed by atoms with Crippen LogP contribution in [0.25, 0.3) is 0 Å². The van der Waals surface area contributed by atoms with Gasteiger partial charge in [-0.2, -0.15) is 0 Å². The molecule has 0 heterocycles. The quantitative estimate of drug-likeness (QED) is 0.599. The third-order valence-corrected chi connectivity index (χ3v) is 1.97. The highest BCUT2D eigenvalue weighted by atomic mass is 16.6. The number of hydrogen-bond acceptors (Lipinski definition) is 3. The molecule has 0 saturated heterocycles. The van der Waals surface area contributed by atoms with Crippen molar-refractivity contribution < 1.29 is 14.3 Å². The Morgan fingerprint density at radius 2 is 1.69 bits per heavy atom. The first-order valence-electron chi connectivity index (χ1n) is 4.91. The van der Waals surface area contributed by atoms with Gasteiger partial charge in [-0.15, -0.1) is 0 Å². The number of esters is 1. The fraction of sp³-hybridized carbons (Fsp3) is 0.900. The minimum atomic E-state index is -0.269. The van der Waals surface area contributed by atoms with Gasteiger partial charge in [0, 0.05) is 0 Å². The number of carbonyl (C=O) groups excluding carboxylic acids is 1. The Bertz CT molecular complexity index is 145. The van der Waals surface area contributed by atoms with E-state index in [4.69, 9.17) is 9.47 Å². The molecule has 0 aromatic rings. The smallest absolute Gasteiger partial charge is 0.332 e. The molecule has 0 aliphatic rings. The summed E-state index contributed by atoms with van der Waals surface area (Å²) >= 11 is 0. The third kappa shape index (κ3) is 6.58. The van der Waals surface area contributed by atoms with Gasteiger partial charge < -0.3 is 9.47 Å². The molecule has 0 amide bonds. The van der Waals surface area contributed by atoms with Crippen LogP contribution in [0.15, 0.2) is 0 Å². The fourth-order valence-corrected chi connectivity index (χ4v) is 0.670. The molecule has 3 nitrogen and oxygen atoms in total. The topological polar surface area (TPSA) is 35.5 Å². The van der Waals surface area contributed by atoms with Crippen LogP contribution in [0.4, 0.5) is 0 Å². The van der Waals surface area contributed by atoms with Crippen LogP contribution in [0.5, 0.6) is 0 Å². The molecule has 0 spiro atoms. The van der Waals surface area contributed by atoms with E-state index in [1.807, 2.05) is 27.7 Å². The van der Waals surface area contributed by atoms with Crippen molar-refractivity contribution in [3.05, 3.63) is 0 Å². The van der Waals surface area contributed by atoms with Gasteiger partial charge in [0.2, 0.25) is 0 Å². The molecule has 0 fully saturated rings. The molecule has 0 bridgehead atoms. The van der Waals surface area contributed by atoms with Gasteiger partial charge in [-0.3, -0.25) is 0 Å². The molecule has 0 N–H and O–H groups in total. The summed E-state index contributed by atoms with van der Waals surface area (Å²) in [5, 5.41) is 0. The van der Waals surface area contributed by atoms with Crippen molar-refractivity contribution in [2.45, 2.75) is 52.7 Å². The van der Waals surface area contributed by atoms with Crippen LogP contribution in [-0.4, -0.2) is 24.8 Å². The molecule has 0 aromatic carbocycles. The van der Waals surface area contributed by atoms with Crippen molar-refractivity contribution in [2.75, 3.05) is 6.61 Å². The summed E-state index contributed by atoms with van der Waals surface area (Å²) in [4.78, 5) is 11.1. The molecule has 78 valence electrons. The molecule has 2 unspecified atom stereocenters. The highest BCUT2D eigenvalue weighted by Gasteiger charge is 2.09. The Morgan fingerprint density at radius 3 is 2.15 bits per heavy atom. The molecule has 2 atom stereocenters. The Kier molecular flexibility index (Phi) is 6.59. The van der Waals surface area contributed by atoms with Gasteiger partial charge in [-0.1, -0.05) is 13.8 Å². The van der Waals surface area contributed by atoms with Crippen molar-refractivity contribution in [2.24, 2.45) is 0 Å².